The fourth-order valence-corrected chi connectivity index (χ4v) is 2.44. The normalized spacial score (nSPS) is 20.8. The van der Waals surface area contributed by atoms with Gasteiger partial charge in [0.15, 0.2) is 5.78 Å². The Hall–Kier alpha value is -0.900. The smallest absolute Gasteiger partial charge is 0.178 e. The van der Waals surface area contributed by atoms with Crippen molar-refractivity contribution < 1.29 is 13.6 Å². The third-order valence-electron chi connectivity index (χ3n) is 2.24. The molecule has 0 radical (unpaired) electrons. The molecule has 1 aliphatic rings. The maximum Gasteiger partial charge on any atom is 0.178 e. The van der Waals surface area contributed by atoms with Crippen molar-refractivity contribution >= 4 is 17.5 Å². The van der Waals surface area contributed by atoms with Gasteiger partial charge < -0.3 is 0 Å². The second-order valence-electron chi connectivity index (χ2n) is 3.24. The summed E-state index contributed by atoms with van der Waals surface area (Å²) in [6.45, 7) is 1.73. The molecule has 1 aliphatic heterocycles. The van der Waals surface area contributed by atoms with Crippen molar-refractivity contribution in [1.29, 1.82) is 0 Å². The van der Waals surface area contributed by atoms with E-state index in [0.29, 0.717) is 11.3 Å². The lowest BCUT2D eigenvalue weighted by Gasteiger charge is -2.20. The predicted molar refractivity (Wildman–Crippen MR) is 51.4 cm³/mol. The summed E-state index contributed by atoms with van der Waals surface area (Å²) in [5.41, 5.74) is 0.535. The molecular weight excluding hydrogens is 206 g/mol. The summed E-state index contributed by atoms with van der Waals surface area (Å²) in [4.78, 5) is 11.6. The Labute approximate surface area is 84.5 Å². The van der Waals surface area contributed by atoms with Crippen LogP contribution in [0.15, 0.2) is 12.1 Å². The van der Waals surface area contributed by atoms with E-state index in [2.05, 4.69) is 0 Å². The minimum atomic E-state index is -0.739. The highest BCUT2D eigenvalue weighted by Gasteiger charge is 2.27. The van der Waals surface area contributed by atoms with E-state index >= 15 is 0 Å². The summed E-state index contributed by atoms with van der Waals surface area (Å²) < 4.78 is 26.1. The number of ketones is 1. The van der Waals surface area contributed by atoms with Gasteiger partial charge in [0.25, 0.3) is 0 Å². The van der Waals surface area contributed by atoms with Crippen LogP contribution < -0.4 is 0 Å². The number of carbonyl (C=O) groups excluding carboxylic acids is 1. The average molecular weight is 214 g/mol. The highest BCUT2D eigenvalue weighted by atomic mass is 32.2. The number of carbonyl (C=O) groups is 1. The minimum Gasteiger partial charge on any atom is -0.293 e. The molecule has 0 fully saturated rings. The number of hydrogen-bond donors (Lipinski definition) is 0. The quantitative estimate of drug-likeness (QED) is 0.660. The van der Waals surface area contributed by atoms with Crippen molar-refractivity contribution in [3.8, 4) is 0 Å². The molecule has 0 bridgehead atoms. The van der Waals surface area contributed by atoms with Gasteiger partial charge in [0.2, 0.25) is 0 Å². The second-order valence-corrected chi connectivity index (χ2v) is 4.57. The number of rotatable bonds is 0. The first-order chi connectivity index (χ1) is 6.59. The standard InChI is InChI=1S/C10H8F2OS/c1-5-10(13)9-6(4-14-5)2-7(11)3-8(9)12/h2-3,5H,4H2,1H3. The fourth-order valence-electron chi connectivity index (χ4n) is 1.51. The number of halogens is 2. The highest BCUT2D eigenvalue weighted by Crippen LogP contribution is 2.31. The zero-order chi connectivity index (χ0) is 10.3. The van der Waals surface area contributed by atoms with Crippen LogP contribution in [-0.2, 0) is 5.75 Å². The zero-order valence-electron chi connectivity index (χ0n) is 7.51. The summed E-state index contributed by atoms with van der Waals surface area (Å²) in [7, 11) is 0. The van der Waals surface area contributed by atoms with Crippen LogP contribution in [0.2, 0.25) is 0 Å². The van der Waals surface area contributed by atoms with Crippen LogP contribution in [0.1, 0.15) is 22.8 Å². The second kappa shape index (κ2) is 3.35. The first kappa shape index (κ1) is 9.65. The molecule has 74 valence electrons. The van der Waals surface area contributed by atoms with Gasteiger partial charge in [-0.05, 0) is 18.6 Å². The monoisotopic (exact) mass is 214 g/mol. The third kappa shape index (κ3) is 1.43. The first-order valence-electron chi connectivity index (χ1n) is 4.23. The van der Waals surface area contributed by atoms with Gasteiger partial charge in [-0.1, -0.05) is 0 Å². The molecule has 1 aromatic rings. The molecule has 1 heterocycles. The largest absolute Gasteiger partial charge is 0.293 e. The van der Waals surface area contributed by atoms with Crippen LogP contribution in [0.25, 0.3) is 0 Å². The molecule has 4 heteroatoms. The Morgan fingerprint density at radius 3 is 2.86 bits per heavy atom. The molecule has 2 rings (SSSR count). The number of benzene rings is 1. The van der Waals surface area contributed by atoms with Gasteiger partial charge in [0.1, 0.15) is 11.6 Å². The van der Waals surface area contributed by atoms with Gasteiger partial charge in [-0.25, -0.2) is 8.78 Å². The van der Waals surface area contributed by atoms with Crippen LogP contribution in [0.5, 0.6) is 0 Å². The van der Waals surface area contributed by atoms with Gasteiger partial charge in [-0.3, -0.25) is 4.79 Å². The Bertz CT molecular complexity index is 403. The van der Waals surface area contributed by atoms with Crippen LogP contribution in [0.4, 0.5) is 8.78 Å². The van der Waals surface area contributed by atoms with E-state index in [-0.39, 0.29) is 16.6 Å². The Kier molecular flexibility index (Phi) is 2.31. The summed E-state index contributed by atoms with van der Waals surface area (Å²) in [6.07, 6.45) is 0. The summed E-state index contributed by atoms with van der Waals surface area (Å²) in [5, 5.41) is -0.234. The molecule has 0 aliphatic carbocycles. The lowest BCUT2D eigenvalue weighted by molar-refractivity contribution is 0.0987. The molecule has 0 N–H and O–H groups in total. The van der Waals surface area contributed by atoms with Crippen molar-refractivity contribution in [1.82, 2.24) is 0 Å². The summed E-state index contributed by atoms with van der Waals surface area (Å²) in [6, 6.07) is 1.99. The van der Waals surface area contributed by atoms with Crippen LogP contribution in [0, 0.1) is 11.6 Å². The van der Waals surface area contributed by atoms with Gasteiger partial charge in [-0.15, -0.1) is 11.8 Å². The molecule has 14 heavy (non-hydrogen) atoms. The minimum absolute atomic E-state index is 0.0673. The number of hydrogen-bond acceptors (Lipinski definition) is 2. The SMILES string of the molecule is CC1SCc2cc(F)cc(F)c2C1=O. The van der Waals surface area contributed by atoms with E-state index in [1.165, 1.54) is 17.8 Å². The van der Waals surface area contributed by atoms with Crippen molar-refractivity contribution in [3.05, 3.63) is 34.9 Å². The zero-order valence-corrected chi connectivity index (χ0v) is 8.33. The average Bonchev–Trinajstić information content (AvgIpc) is 2.10. The van der Waals surface area contributed by atoms with Crippen LogP contribution in [0.3, 0.4) is 0 Å². The van der Waals surface area contributed by atoms with Gasteiger partial charge in [0, 0.05) is 11.8 Å². The van der Waals surface area contributed by atoms with E-state index in [0.717, 1.165) is 6.07 Å². The molecule has 0 spiro atoms. The summed E-state index contributed by atoms with van der Waals surface area (Å²) >= 11 is 1.40. The van der Waals surface area contributed by atoms with Crippen molar-refractivity contribution in [2.24, 2.45) is 0 Å². The van der Waals surface area contributed by atoms with Crippen LogP contribution in [-0.4, -0.2) is 11.0 Å². The Morgan fingerprint density at radius 2 is 2.14 bits per heavy atom. The molecule has 1 unspecified atom stereocenters. The topological polar surface area (TPSA) is 17.1 Å². The lowest BCUT2D eigenvalue weighted by Crippen LogP contribution is -2.22. The maximum atomic E-state index is 13.3. The van der Waals surface area contributed by atoms with E-state index in [9.17, 15) is 13.6 Å². The Morgan fingerprint density at radius 1 is 1.43 bits per heavy atom. The van der Waals surface area contributed by atoms with E-state index < -0.39 is 11.6 Å². The molecule has 1 atom stereocenters. The maximum absolute atomic E-state index is 13.3. The molecule has 0 amide bonds. The van der Waals surface area contributed by atoms with E-state index in [4.69, 9.17) is 0 Å². The van der Waals surface area contributed by atoms with Gasteiger partial charge >= 0.3 is 0 Å². The highest BCUT2D eigenvalue weighted by molar-refractivity contribution is 8.00. The molecule has 1 aromatic carbocycles. The first-order valence-corrected chi connectivity index (χ1v) is 5.28. The number of Topliss-reactive ketones (excluding diaryl/α,β-unsaturated/α-hetero) is 1. The molecule has 0 saturated carbocycles. The summed E-state index contributed by atoms with van der Waals surface area (Å²) in [5.74, 6) is -1.10. The Balaban J connectivity index is 2.60. The number of fused-ring (bicyclic) bond motifs is 1. The molecule has 0 aromatic heterocycles. The van der Waals surface area contributed by atoms with Gasteiger partial charge in [0.05, 0.1) is 10.8 Å². The van der Waals surface area contributed by atoms with Crippen LogP contribution >= 0.6 is 11.8 Å². The van der Waals surface area contributed by atoms with E-state index in [1.54, 1.807) is 6.92 Å². The number of thioether (sulfide) groups is 1. The van der Waals surface area contributed by atoms with Gasteiger partial charge in [-0.2, -0.15) is 0 Å². The van der Waals surface area contributed by atoms with Crippen molar-refractivity contribution in [3.63, 3.8) is 0 Å². The third-order valence-corrected chi connectivity index (χ3v) is 3.43. The molecular formula is C10H8F2OS. The van der Waals surface area contributed by atoms with Crippen molar-refractivity contribution in [2.45, 2.75) is 17.9 Å². The molecule has 1 nitrogen and oxygen atoms in total. The van der Waals surface area contributed by atoms with Crippen molar-refractivity contribution in [2.75, 3.05) is 0 Å². The predicted octanol–water partition coefficient (Wildman–Crippen LogP) is 2.78. The molecule has 0 saturated heterocycles. The lowest BCUT2D eigenvalue weighted by atomic mass is 10.0. The van der Waals surface area contributed by atoms with E-state index in [1.807, 2.05) is 0 Å². The fraction of sp³-hybridized carbons (Fsp3) is 0.300.